The van der Waals surface area contributed by atoms with Crippen molar-refractivity contribution in [3.05, 3.63) is 40.8 Å². The van der Waals surface area contributed by atoms with Gasteiger partial charge in [-0.05, 0) is 102 Å². The zero-order chi connectivity index (χ0) is 23.9. The Morgan fingerprint density at radius 3 is 1.79 bits per heavy atom. The van der Waals surface area contributed by atoms with E-state index in [-0.39, 0.29) is 7.43 Å². The molecule has 4 heterocycles. The number of piperidine rings is 2. The predicted octanol–water partition coefficient (Wildman–Crippen LogP) is 3.83. The lowest BCUT2D eigenvalue weighted by molar-refractivity contribution is 0.235. The Balaban J connectivity index is 0.000000274. The number of rotatable bonds is 5. The van der Waals surface area contributed by atoms with E-state index < -0.39 is 0 Å². The van der Waals surface area contributed by atoms with Gasteiger partial charge in [-0.1, -0.05) is 19.0 Å². The highest BCUT2D eigenvalue weighted by atomic mass is 35.5. The smallest absolute Gasteiger partial charge is 0.151 e. The zero-order valence-corrected chi connectivity index (χ0v) is 20.7. The fourth-order valence-electron chi connectivity index (χ4n) is 3.93. The summed E-state index contributed by atoms with van der Waals surface area (Å²) in [5.74, 6) is 2.45. The van der Waals surface area contributed by atoms with E-state index in [9.17, 15) is 0 Å². The third kappa shape index (κ3) is 12.0. The Morgan fingerprint density at radius 2 is 1.35 bits per heavy atom. The number of nitrogens with zero attached hydrogens (tertiary/aromatic N) is 5. The normalized spacial score (nSPS) is 16.4. The lowest BCUT2D eigenvalue weighted by Gasteiger charge is -2.32. The molecular weight excluding hydrogens is 452 g/mol. The summed E-state index contributed by atoms with van der Waals surface area (Å²) in [4.78, 5) is 2.28. The number of nitrogens with one attached hydrogen (secondary N) is 1. The SMILES string of the molecule is C.Cc1ccc(Cl)nn1.Cc1ccc(N2CCC(CCO)CC2)nn1.OCCC1CCNCC1. The van der Waals surface area contributed by atoms with Crippen molar-refractivity contribution in [2.24, 2.45) is 11.8 Å². The van der Waals surface area contributed by atoms with Gasteiger partial charge < -0.3 is 20.4 Å². The molecule has 4 rings (SSSR count). The molecule has 0 bridgehead atoms. The van der Waals surface area contributed by atoms with Crippen molar-refractivity contribution in [1.82, 2.24) is 25.7 Å². The van der Waals surface area contributed by atoms with Crippen LogP contribution >= 0.6 is 11.6 Å². The third-order valence-corrected chi connectivity index (χ3v) is 6.22. The van der Waals surface area contributed by atoms with Crippen LogP contribution in [0.5, 0.6) is 0 Å². The monoisotopic (exact) mass is 494 g/mol. The molecule has 192 valence electrons. The van der Waals surface area contributed by atoms with Gasteiger partial charge >= 0.3 is 0 Å². The highest BCUT2D eigenvalue weighted by Gasteiger charge is 2.19. The summed E-state index contributed by atoms with van der Waals surface area (Å²) in [7, 11) is 0. The van der Waals surface area contributed by atoms with E-state index in [1.165, 1.54) is 12.8 Å². The summed E-state index contributed by atoms with van der Waals surface area (Å²) in [6, 6.07) is 7.57. The summed E-state index contributed by atoms with van der Waals surface area (Å²) in [6.45, 7) is 8.84. The first kappa shape index (κ1) is 30.2. The number of hydrogen-bond donors (Lipinski definition) is 3. The fraction of sp³-hybridized carbons (Fsp3) is 0.680. The zero-order valence-electron chi connectivity index (χ0n) is 20.0. The molecule has 0 amide bonds. The van der Waals surface area contributed by atoms with E-state index in [2.05, 4.69) is 30.6 Å². The minimum Gasteiger partial charge on any atom is -0.396 e. The summed E-state index contributed by atoms with van der Waals surface area (Å²) in [5, 5.41) is 36.8. The van der Waals surface area contributed by atoms with E-state index in [1.54, 1.807) is 6.07 Å². The van der Waals surface area contributed by atoms with Gasteiger partial charge in [-0.15, -0.1) is 10.2 Å². The summed E-state index contributed by atoms with van der Waals surface area (Å²) >= 11 is 5.44. The molecule has 0 unspecified atom stereocenters. The molecular formula is C25H43ClN6O2. The van der Waals surface area contributed by atoms with E-state index in [0.717, 1.165) is 75.0 Å². The van der Waals surface area contributed by atoms with Gasteiger partial charge in [0.25, 0.3) is 0 Å². The molecule has 2 aromatic heterocycles. The molecule has 2 fully saturated rings. The molecule has 0 atom stereocenters. The Morgan fingerprint density at radius 1 is 0.824 bits per heavy atom. The molecule has 0 aromatic carbocycles. The molecule has 2 saturated heterocycles. The van der Waals surface area contributed by atoms with Crippen molar-refractivity contribution >= 4 is 17.4 Å². The number of aryl methyl sites for hydroxylation is 2. The maximum Gasteiger partial charge on any atom is 0.151 e. The van der Waals surface area contributed by atoms with Gasteiger partial charge in [-0.25, -0.2) is 0 Å². The number of aliphatic hydroxyl groups is 2. The van der Waals surface area contributed by atoms with E-state index in [4.69, 9.17) is 21.8 Å². The van der Waals surface area contributed by atoms with Crippen LogP contribution < -0.4 is 10.2 Å². The van der Waals surface area contributed by atoms with Crippen molar-refractivity contribution in [3.63, 3.8) is 0 Å². The predicted molar refractivity (Wildman–Crippen MR) is 139 cm³/mol. The maximum atomic E-state index is 8.90. The van der Waals surface area contributed by atoms with E-state index in [0.29, 0.717) is 24.3 Å². The second kappa shape index (κ2) is 17.5. The Bertz CT molecular complexity index is 725. The molecule has 9 heteroatoms. The first-order chi connectivity index (χ1) is 16.0. The van der Waals surface area contributed by atoms with Crippen LogP contribution in [0.25, 0.3) is 0 Å². The van der Waals surface area contributed by atoms with E-state index >= 15 is 0 Å². The molecule has 0 radical (unpaired) electrons. The minimum absolute atomic E-state index is 0. The molecule has 2 aromatic rings. The average molecular weight is 495 g/mol. The minimum atomic E-state index is 0. The van der Waals surface area contributed by atoms with Crippen molar-refractivity contribution in [1.29, 1.82) is 0 Å². The van der Waals surface area contributed by atoms with Crippen LogP contribution in [0.15, 0.2) is 24.3 Å². The van der Waals surface area contributed by atoms with Crippen LogP contribution in [0, 0.1) is 25.7 Å². The van der Waals surface area contributed by atoms with Crippen LogP contribution in [-0.2, 0) is 0 Å². The number of hydrogen-bond acceptors (Lipinski definition) is 8. The topological polar surface area (TPSA) is 107 Å². The van der Waals surface area contributed by atoms with Crippen LogP contribution in [-0.4, -0.2) is 70.0 Å². The van der Waals surface area contributed by atoms with Crippen molar-refractivity contribution in [2.75, 3.05) is 44.3 Å². The Labute approximate surface area is 210 Å². The quantitative estimate of drug-likeness (QED) is 0.575. The average Bonchev–Trinajstić information content (AvgIpc) is 2.84. The molecule has 2 aliphatic heterocycles. The van der Waals surface area contributed by atoms with Crippen LogP contribution in [0.4, 0.5) is 5.82 Å². The molecule has 2 aliphatic rings. The second-order valence-corrected chi connectivity index (χ2v) is 9.07. The fourth-order valence-corrected chi connectivity index (χ4v) is 4.03. The number of anilines is 1. The summed E-state index contributed by atoms with van der Waals surface area (Å²) in [5.41, 5.74) is 1.84. The lowest BCUT2D eigenvalue weighted by atomic mass is 9.94. The highest BCUT2D eigenvalue weighted by molar-refractivity contribution is 6.29. The van der Waals surface area contributed by atoms with Gasteiger partial charge in [0.15, 0.2) is 11.0 Å². The van der Waals surface area contributed by atoms with Gasteiger partial charge in [-0.2, -0.15) is 10.2 Å². The Kier molecular flexibility index (Phi) is 15.6. The van der Waals surface area contributed by atoms with Gasteiger partial charge in [0.2, 0.25) is 0 Å². The summed E-state index contributed by atoms with van der Waals surface area (Å²) in [6.07, 6.45) is 6.74. The molecule has 0 aliphatic carbocycles. The van der Waals surface area contributed by atoms with Gasteiger partial charge in [-0.3, -0.25) is 0 Å². The first-order valence-electron chi connectivity index (χ1n) is 11.9. The largest absolute Gasteiger partial charge is 0.396 e. The standard InChI is InChI=1S/C12H19N3O.C7H15NO.C5H5ClN2.CH4/c1-10-2-3-12(14-13-10)15-7-4-11(5-8-15)6-9-16;9-6-3-7-1-4-8-5-2-7;1-4-2-3-5(6)8-7-4;/h2-3,11,16H,4-9H2,1H3;7-9H,1-6H2;2-3H,1H3;1H4. The number of aromatic nitrogens is 4. The Hall–Kier alpha value is -1.87. The molecule has 0 saturated carbocycles. The molecule has 0 spiro atoms. The lowest BCUT2D eigenvalue weighted by Crippen LogP contribution is -2.34. The second-order valence-electron chi connectivity index (χ2n) is 8.68. The summed E-state index contributed by atoms with van der Waals surface area (Å²) < 4.78 is 0. The first-order valence-corrected chi connectivity index (χ1v) is 12.3. The number of halogens is 1. The highest BCUT2D eigenvalue weighted by Crippen LogP contribution is 2.23. The van der Waals surface area contributed by atoms with Crippen molar-refractivity contribution < 1.29 is 10.2 Å². The van der Waals surface area contributed by atoms with Gasteiger partial charge in [0.05, 0.1) is 11.4 Å². The van der Waals surface area contributed by atoms with Gasteiger partial charge in [0.1, 0.15) is 0 Å². The van der Waals surface area contributed by atoms with E-state index in [1.807, 2.05) is 32.0 Å². The van der Waals surface area contributed by atoms with Crippen LogP contribution in [0.1, 0.15) is 57.3 Å². The van der Waals surface area contributed by atoms with Crippen LogP contribution in [0.2, 0.25) is 5.15 Å². The van der Waals surface area contributed by atoms with Crippen molar-refractivity contribution in [2.45, 2.75) is 59.8 Å². The van der Waals surface area contributed by atoms with Crippen molar-refractivity contribution in [3.8, 4) is 0 Å². The third-order valence-electron chi connectivity index (χ3n) is 6.02. The number of aliphatic hydroxyl groups excluding tert-OH is 2. The molecule has 34 heavy (non-hydrogen) atoms. The molecule has 3 N–H and O–H groups in total. The molecule has 8 nitrogen and oxygen atoms in total. The maximum absolute atomic E-state index is 8.90. The van der Waals surface area contributed by atoms with Gasteiger partial charge in [0, 0.05) is 26.3 Å². The van der Waals surface area contributed by atoms with Crippen LogP contribution in [0.3, 0.4) is 0 Å².